The van der Waals surface area contributed by atoms with E-state index in [4.69, 9.17) is 9.72 Å². The van der Waals surface area contributed by atoms with Gasteiger partial charge in [0.15, 0.2) is 10.9 Å². The molecule has 1 aromatic carbocycles. The van der Waals surface area contributed by atoms with E-state index in [-0.39, 0.29) is 11.9 Å². The van der Waals surface area contributed by atoms with Gasteiger partial charge < -0.3 is 14.5 Å². The normalized spacial score (nSPS) is 14.8. The number of ketones is 1. The lowest BCUT2D eigenvalue weighted by Gasteiger charge is -2.35. The fraction of sp³-hybridized carbons (Fsp3) is 0.476. The van der Waals surface area contributed by atoms with Crippen LogP contribution in [0.25, 0.3) is 11.3 Å². The van der Waals surface area contributed by atoms with E-state index in [1.807, 2.05) is 52.0 Å². The quantitative estimate of drug-likeness (QED) is 0.562. The van der Waals surface area contributed by atoms with E-state index >= 15 is 0 Å². The first-order chi connectivity index (χ1) is 13.7. The molecule has 29 heavy (non-hydrogen) atoms. The molecule has 0 spiro atoms. The Labute approximate surface area is 184 Å². The van der Waals surface area contributed by atoms with Gasteiger partial charge in [0, 0.05) is 42.6 Å². The maximum atomic E-state index is 12.5. The number of hydrogen-bond donors (Lipinski definition) is 0. The average Bonchev–Trinajstić information content (AvgIpc) is 3.12. The third-order valence-corrected chi connectivity index (χ3v) is 6.20. The minimum Gasteiger partial charge on any atom is -0.444 e. The predicted octanol–water partition coefficient (Wildman–Crippen LogP) is 5.22. The van der Waals surface area contributed by atoms with Crippen molar-refractivity contribution in [2.75, 3.05) is 31.1 Å². The summed E-state index contributed by atoms with van der Waals surface area (Å²) in [7, 11) is 0. The average molecular weight is 480 g/mol. The number of ether oxygens (including phenoxy) is 1. The number of anilines is 1. The van der Waals surface area contributed by atoms with Gasteiger partial charge in [0.2, 0.25) is 0 Å². The molecule has 0 radical (unpaired) electrons. The summed E-state index contributed by atoms with van der Waals surface area (Å²) in [6.07, 6.45) is 0.158. The smallest absolute Gasteiger partial charge is 0.410 e. The highest BCUT2D eigenvalue weighted by Crippen LogP contribution is 2.35. The summed E-state index contributed by atoms with van der Waals surface area (Å²) in [6.45, 7) is 9.93. The molecule has 2 aromatic rings. The lowest BCUT2D eigenvalue weighted by molar-refractivity contribution is 0.0240. The fourth-order valence-corrected chi connectivity index (χ4v) is 4.42. The van der Waals surface area contributed by atoms with Crippen LogP contribution in [-0.2, 0) is 4.74 Å². The topological polar surface area (TPSA) is 62.7 Å². The summed E-state index contributed by atoms with van der Waals surface area (Å²) in [4.78, 5) is 34.2. The maximum Gasteiger partial charge on any atom is 0.410 e. The Kier molecular flexibility index (Phi) is 6.63. The largest absolute Gasteiger partial charge is 0.444 e. The number of piperazine rings is 1. The lowest BCUT2D eigenvalue weighted by atomic mass is 10.1. The van der Waals surface area contributed by atoms with Crippen molar-refractivity contribution in [2.24, 2.45) is 0 Å². The standard InChI is InChI=1S/C21H26BrN3O3S/c1-5-16(26)18-17(14-6-8-15(22)9-7-14)23-19(29-18)24-10-12-25(13-11-24)20(27)28-21(2,3)4/h6-9H,5,10-13H2,1-4H3. The van der Waals surface area contributed by atoms with Crippen LogP contribution in [0.2, 0.25) is 0 Å². The van der Waals surface area contributed by atoms with Crippen LogP contribution in [0.3, 0.4) is 0 Å². The van der Waals surface area contributed by atoms with E-state index in [1.54, 1.807) is 4.90 Å². The van der Waals surface area contributed by atoms with Crippen LogP contribution in [0.5, 0.6) is 0 Å². The van der Waals surface area contributed by atoms with Gasteiger partial charge in [0.25, 0.3) is 0 Å². The molecule has 1 aromatic heterocycles. The van der Waals surface area contributed by atoms with Gasteiger partial charge in [-0.3, -0.25) is 4.79 Å². The number of thiazole rings is 1. The van der Waals surface area contributed by atoms with Gasteiger partial charge in [-0.1, -0.05) is 46.3 Å². The van der Waals surface area contributed by atoms with Crippen molar-refractivity contribution in [2.45, 2.75) is 39.7 Å². The molecule has 1 aliphatic heterocycles. The fourth-order valence-electron chi connectivity index (χ4n) is 3.00. The maximum absolute atomic E-state index is 12.5. The monoisotopic (exact) mass is 479 g/mol. The number of benzene rings is 1. The number of nitrogens with zero attached hydrogens (tertiary/aromatic N) is 3. The minimum absolute atomic E-state index is 0.0964. The Morgan fingerprint density at radius 1 is 1.14 bits per heavy atom. The molecule has 0 N–H and O–H groups in total. The van der Waals surface area contributed by atoms with Crippen molar-refractivity contribution in [1.82, 2.24) is 9.88 Å². The number of aromatic nitrogens is 1. The molecule has 0 aliphatic carbocycles. The van der Waals surface area contributed by atoms with Crippen molar-refractivity contribution >= 4 is 44.3 Å². The molecular formula is C21H26BrN3O3S. The van der Waals surface area contributed by atoms with E-state index in [0.717, 1.165) is 20.9 Å². The molecule has 1 amide bonds. The van der Waals surface area contributed by atoms with E-state index in [0.29, 0.717) is 37.5 Å². The molecule has 0 unspecified atom stereocenters. The van der Waals surface area contributed by atoms with E-state index in [1.165, 1.54) is 11.3 Å². The zero-order valence-corrected chi connectivity index (χ0v) is 19.6. The second-order valence-corrected chi connectivity index (χ2v) is 9.81. The molecule has 0 bridgehead atoms. The van der Waals surface area contributed by atoms with Crippen LogP contribution in [0, 0.1) is 0 Å². The second kappa shape index (κ2) is 8.83. The molecule has 1 fully saturated rings. The summed E-state index contributed by atoms with van der Waals surface area (Å²) in [5.41, 5.74) is 1.16. The molecule has 3 rings (SSSR count). The van der Waals surface area contributed by atoms with Crippen molar-refractivity contribution in [3.8, 4) is 11.3 Å². The SMILES string of the molecule is CCC(=O)c1sc(N2CCN(C(=O)OC(C)(C)C)CC2)nc1-c1ccc(Br)cc1. The van der Waals surface area contributed by atoms with Crippen LogP contribution in [0.15, 0.2) is 28.7 Å². The van der Waals surface area contributed by atoms with Crippen LogP contribution in [0.4, 0.5) is 9.93 Å². The van der Waals surface area contributed by atoms with Crippen molar-refractivity contribution < 1.29 is 14.3 Å². The molecule has 8 heteroatoms. The Morgan fingerprint density at radius 3 is 2.31 bits per heavy atom. The number of carbonyl (C=O) groups excluding carboxylic acids is 2. The van der Waals surface area contributed by atoms with Crippen LogP contribution in [0.1, 0.15) is 43.8 Å². The number of carbonyl (C=O) groups is 2. The number of hydrogen-bond acceptors (Lipinski definition) is 6. The Bertz CT molecular complexity index is 882. The molecule has 1 aliphatic rings. The number of rotatable bonds is 4. The summed E-state index contributed by atoms with van der Waals surface area (Å²) in [6, 6.07) is 7.84. The molecule has 2 heterocycles. The van der Waals surface area contributed by atoms with Crippen LogP contribution >= 0.6 is 27.3 Å². The Hall–Kier alpha value is -1.93. The first kappa shape index (κ1) is 21.8. The molecule has 156 valence electrons. The van der Waals surface area contributed by atoms with Crippen molar-refractivity contribution in [1.29, 1.82) is 0 Å². The summed E-state index contributed by atoms with van der Waals surface area (Å²) in [5.74, 6) is 0.0964. The Morgan fingerprint density at radius 2 is 1.76 bits per heavy atom. The summed E-state index contributed by atoms with van der Waals surface area (Å²) in [5, 5.41) is 0.823. The van der Waals surface area contributed by atoms with Gasteiger partial charge in [-0.15, -0.1) is 0 Å². The van der Waals surface area contributed by atoms with Crippen LogP contribution < -0.4 is 4.90 Å². The van der Waals surface area contributed by atoms with Crippen molar-refractivity contribution in [3.63, 3.8) is 0 Å². The highest BCUT2D eigenvalue weighted by Gasteiger charge is 2.28. The molecular weight excluding hydrogens is 454 g/mol. The molecule has 0 saturated carbocycles. The number of Topliss-reactive ketones (excluding diaryl/α,β-unsaturated/α-hetero) is 1. The molecule has 1 saturated heterocycles. The Balaban J connectivity index is 1.77. The summed E-state index contributed by atoms with van der Waals surface area (Å²) >= 11 is 4.88. The number of halogens is 1. The van der Waals surface area contributed by atoms with Gasteiger partial charge in [-0.2, -0.15) is 0 Å². The highest BCUT2D eigenvalue weighted by molar-refractivity contribution is 9.10. The first-order valence-corrected chi connectivity index (χ1v) is 11.3. The molecule has 6 nitrogen and oxygen atoms in total. The van der Waals surface area contributed by atoms with Gasteiger partial charge in [0.05, 0.1) is 10.6 Å². The molecule has 0 atom stereocenters. The predicted molar refractivity (Wildman–Crippen MR) is 120 cm³/mol. The van der Waals surface area contributed by atoms with E-state index < -0.39 is 5.60 Å². The summed E-state index contributed by atoms with van der Waals surface area (Å²) < 4.78 is 6.45. The lowest BCUT2D eigenvalue weighted by Crippen LogP contribution is -2.50. The van der Waals surface area contributed by atoms with Crippen molar-refractivity contribution in [3.05, 3.63) is 33.6 Å². The first-order valence-electron chi connectivity index (χ1n) is 9.71. The van der Waals surface area contributed by atoms with Gasteiger partial charge in [-0.25, -0.2) is 9.78 Å². The number of amides is 1. The third kappa shape index (κ3) is 5.36. The minimum atomic E-state index is -0.501. The second-order valence-electron chi connectivity index (χ2n) is 7.91. The zero-order valence-electron chi connectivity index (χ0n) is 17.2. The van der Waals surface area contributed by atoms with Gasteiger partial charge in [0.1, 0.15) is 5.60 Å². The van der Waals surface area contributed by atoms with Crippen LogP contribution in [-0.4, -0.2) is 53.5 Å². The van der Waals surface area contributed by atoms with Gasteiger partial charge >= 0.3 is 6.09 Å². The van der Waals surface area contributed by atoms with E-state index in [9.17, 15) is 9.59 Å². The highest BCUT2D eigenvalue weighted by atomic mass is 79.9. The third-order valence-electron chi connectivity index (χ3n) is 4.51. The van der Waals surface area contributed by atoms with Gasteiger partial charge in [-0.05, 0) is 32.9 Å². The van der Waals surface area contributed by atoms with E-state index in [2.05, 4.69) is 20.8 Å². The zero-order chi connectivity index (χ0) is 21.2.